The molecular weight excluding hydrogens is 324 g/mol. The molecule has 0 saturated carbocycles. The fourth-order valence-corrected chi connectivity index (χ4v) is 3.46. The molecule has 0 aliphatic carbocycles. The van der Waals surface area contributed by atoms with Crippen LogP contribution in [-0.4, -0.2) is 57.1 Å². The number of anilines is 1. The monoisotopic (exact) mass is 351 g/mol. The largest absolute Gasteiger partial charge is 0.378 e. The maximum atomic E-state index is 12.0. The summed E-state index contributed by atoms with van der Waals surface area (Å²) in [7, 11) is 3.91. The highest BCUT2D eigenvalue weighted by atomic mass is 16.5. The van der Waals surface area contributed by atoms with Crippen molar-refractivity contribution in [1.29, 1.82) is 0 Å². The first-order valence-corrected chi connectivity index (χ1v) is 9.15. The molecule has 1 saturated heterocycles. The third kappa shape index (κ3) is 4.32. The van der Waals surface area contributed by atoms with E-state index >= 15 is 0 Å². The van der Waals surface area contributed by atoms with Crippen LogP contribution in [0.25, 0.3) is 0 Å². The molecule has 1 aliphatic heterocycles. The van der Waals surface area contributed by atoms with Crippen LogP contribution < -0.4 is 4.90 Å². The number of nitrogens with zero attached hydrogens (tertiary/aromatic N) is 2. The Kier molecular flexibility index (Phi) is 6.07. The van der Waals surface area contributed by atoms with Gasteiger partial charge in [-0.15, -0.1) is 0 Å². The van der Waals surface area contributed by atoms with Crippen LogP contribution in [-0.2, 0) is 22.4 Å². The van der Waals surface area contributed by atoms with Crippen molar-refractivity contribution < 1.29 is 9.53 Å². The van der Waals surface area contributed by atoms with Crippen molar-refractivity contribution in [3.63, 3.8) is 0 Å². The quantitative estimate of drug-likeness (QED) is 0.768. The van der Waals surface area contributed by atoms with Gasteiger partial charge >= 0.3 is 0 Å². The van der Waals surface area contributed by atoms with Crippen LogP contribution in [0.15, 0.2) is 54.6 Å². The second-order valence-electron chi connectivity index (χ2n) is 7.13. The average Bonchev–Trinajstić information content (AvgIpc) is 2.69. The zero-order valence-corrected chi connectivity index (χ0v) is 15.6. The molecule has 137 valence electrons. The smallest absolute Gasteiger partial charge is 0.221 e. The van der Waals surface area contributed by atoms with Gasteiger partial charge in [-0.05, 0) is 50.2 Å². The lowest BCUT2D eigenvalue weighted by atomic mass is 9.84. The summed E-state index contributed by atoms with van der Waals surface area (Å²) in [5, 5.41) is 0. The second kappa shape index (κ2) is 8.47. The molecule has 1 radical (unpaired) electrons. The van der Waals surface area contributed by atoms with E-state index < -0.39 is 5.54 Å². The van der Waals surface area contributed by atoms with Gasteiger partial charge in [0, 0.05) is 18.8 Å². The maximum Gasteiger partial charge on any atom is 0.221 e. The summed E-state index contributed by atoms with van der Waals surface area (Å²) in [5.74, 6) is 0. The fourth-order valence-electron chi connectivity index (χ4n) is 3.46. The molecule has 4 nitrogen and oxygen atoms in total. The Bertz CT molecular complexity index is 694. The molecule has 0 spiro atoms. The number of hydrogen-bond acceptors (Lipinski definition) is 4. The van der Waals surface area contributed by atoms with Crippen LogP contribution in [0.2, 0.25) is 0 Å². The molecule has 1 unspecified atom stereocenters. The average molecular weight is 351 g/mol. The predicted octanol–water partition coefficient (Wildman–Crippen LogP) is 2.72. The molecular formula is C22H27N2O2. The van der Waals surface area contributed by atoms with Crippen LogP contribution in [0.5, 0.6) is 0 Å². The van der Waals surface area contributed by atoms with Crippen molar-refractivity contribution in [2.45, 2.75) is 18.4 Å². The third-order valence-corrected chi connectivity index (χ3v) is 5.19. The van der Waals surface area contributed by atoms with Crippen LogP contribution >= 0.6 is 0 Å². The van der Waals surface area contributed by atoms with Crippen LogP contribution in [0, 0.1) is 0 Å². The number of morpholine rings is 1. The number of benzene rings is 2. The second-order valence-corrected chi connectivity index (χ2v) is 7.13. The first-order chi connectivity index (χ1) is 12.6. The summed E-state index contributed by atoms with van der Waals surface area (Å²) >= 11 is 0. The lowest BCUT2D eigenvalue weighted by molar-refractivity contribution is 0.122. The van der Waals surface area contributed by atoms with Gasteiger partial charge in [0.15, 0.2) is 0 Å². The van der Waals surface area contributed by atoms with Gasteiger partial charge in [-0.3, -0.25) is 9.69 Å². The Morgan fingerprint density at radius 2 is 1.54 bits per heavy atom. The molecule has 2 aromatic carbocycles. The summed E-state index contributed by atoms with van der Waals surface area (Å²) in [6.07, 6.45) is 3.63. The van der Waals surface area contributed by atoms with Gasteiger partial charge in [-0.1, -0.05) is 42.5 Å². The van der Waals surface area contributed by atoms with E-state index in [-0.39, 0.29) is 0 Å². The zero-order chi connectivity index (χ0) is 18.4. The van der Waals surface area contributed by atoms with Crippen molar-refractivity contribution in [1.82, 2.24) is 4.90 Å². The Balaban J connectivity index is 1.77. The summed E-state index contributed by atoms with van der Waals surface area (Å²) in [4.78, 5) is 16.3. The Hall–Kier alpha value is -2.17. The lowest BCUT2D eigenvalue weighted by Crippen LogP contribution is -2.49. The number of likely N-dealkylation sites (N-methyl/N-ethyl adjacent to an activating group) is 1. The Morgan fingerprint density at radius 3 is 2.08 bits per heavy atom. The molecule has 2 aromatic rings. The van der Waals surface area contributed by atoms with Gasteiger partial charge in [0.05, 0.1) is 18.8 Å². The normalized spacial score (nSPS) is 17.1. The van der Waals surface area contributed by atoms with E-state index in [1.54, 1.807) is 0 Å². The minimum atomic E-state index is -0.665. The predicted molar refractivity (Wildman–Crippen MR) is 105 cm³/mol. The molecule has 26 heavy (non-hydrogen) atoms. The van der Waals surface area contributed by atoms with E-state index in [4.69, 9.17) is 4.74 Å². The van der Waals surface area contributed by atoms with E-state index in [0.29, 0.717) is 12.8 Å². The highest BCUT2D eigenvalue weighted by molar-refractivity contribution is 5.67. The molecule has 0 N–H and O–H groups in total. The van der Waals surface area contributed by atoms with E-state index in [9.17, 15) is 4.79 Å². The molecule has 1 atom stereocenters. The molecule has 0 bridgehead atoms. The molecule has 1 aliphatic rings. The van der Waals surface area contributed by atoms with E-state index in [2.05, 4.69) is 47.6 Å². The van der Waals surface area contributed by atoms with Crippen LogP contribution in [0.3, 0.4) is 0 Å². The summed E-state index contributed by atoms with van der Waals surface area (Å²) in [6.45, 7) is 3.42. The number of hydrogen-bond donors (Lipinski definition) is 0. The van der Waals surface area contributed by atoms with Gasteiger partial charge < -0.3 is 9.64 Å². The van der Waals surface area contributed by atoms with E-state index in [1.807, 2.05) is 37.2 Å². The topological polar surface area (TPSA) is 32.8 Å². The van der Waals surface area contributed by atoms with Crippen LogP contribution in [0.1, 0.15) is 11.1 Å². The summed E-state index contributed by atoms with van der Waals surface area (Å²) in [5.41, 5.74) is 2.84. The van der Waals surface area contributed by atoms with E-state index in [0.717, 1.165) is 37.4 Å². The number of carbonyl (C=O) groups excluding carboxylic acids is 1. The van der Waals surface area contributed by atoms with Crippen molar-refractivity contribution >= 4 is 12.0 Å². The summed E-state index contributed by atoms with van der Waals surface area (Å²) < 4.78 is 5.42. The fraction of sp³-hybridized carbons (Fsp3) is 0.409. The van der Waals surface area contributed by atoms with Gasteiger partial charge in [0.2, 0.25) is 6.29 Å². The number of ether oxygens (including phenoxy) is 1. The first-order valence-electron chi connectivity index (χ1n) is 9.15. The van der Waals surface area contributed by atoms with Crippen molar-refractivity contribution in [3.8, 4) is 0 Å². The molecule has 0 aromatic heterocycles. The van der Waals surface area contributed by atoms with E-state index in [1.165, 1.54) is 5.69 Å². The van der Waals surface area contributed by atoms with Gasteiger partial charge in [-0.25, -0.2) is 0 Å². The first kappa shape index (κ1) is 18.6. The van der Waals surface area contributed by atoms with Gasteiger partial charge in [0.25, 0.3) is 0 Å². The zero-order valence-electron chi connectivity index (χ0n) is 15.6. The minimum Gasteiger partial charge on any atom is -0.378 e. The third-order valence-electron chi connectivity index (χ3n) is 5.19. The van der Waals surface area contributed by atoms with Crippen molar-refractivity contribution in [3.05, 3.63) is 65.7 Å². The molecule has 1 fully saturated rings. The van der Waals surface area contributed by atoms with Crippen molar-refractivity contribution in [2.75, 3.05) is 45.3 Å². The van der Waals surface area contributed by atoms with Gasteiger partial charge in [0.1, 0.15) is 0 Å². The lowest BCUT2D eigenvalue weighted by Gasteiger charge is -2.35. The maximum absolute atomic E-state index is 12.0. The Morgan fingerprint density at radius 1 is 0.962 bits per heavy atom. The molecule has 0 amide bonds. The molecule has 1 heterocycles. The number of rotatable bonds is 7. The highest BCUT2D eigenvalue weighted by Gasteiger charge is 2.34. The van der Waals surface area contributed by atoms with Crippen molar-refractivity contribution in [2.24, 2.45) is 0 Å². The Labute approximate surface area is 156 Å². The molecule has 4 heteroatoms. The highest BCUT2D eigenvalue weighted by Crippen LogP contribution is 2.24. The van der Waals surface area contributed by atoms with Gasteiger partial charge in [-0.2, -0.15) is 0 Å². The van der Waals surface area contributed by atoms with Crippen LogP contribution in [0.4, 0.5) is 5.69 Å². The SMILES string of the molecule is CN(C)C([C]=O)(Cc1ccccc1)Cc1ccc(N2CCOCC2)cc1. The minimum absolute atomic E-state index is 0.641. The molecule has 3 rings (SSSR count). The summed E-state index contributed by atoms with van der Waals surface area (Å²) in [6, 6.07) is 18.7. The standard InChI is InChI=1S/C22H27N2O2/c1-23(2)22(18-25,16-19-6-4-3-5-7-19)17-20-8-10-21(11-9-20)24-12-14-26-15-13-24/h3-11H,12-17H2,1-2H3.